The monoisotopic (exact) mass is 364 g/mol. The number of aromatic nitrogens is 2. The lowest BCUT2D eigenvalue weighted by Gasteiger charge is -2.22. The largest absolute Gasteiger partial charge is 0.223 e. The van der Waals surface area contributed by atoms with Gasteiger partial charge in [-0.3, -0.25) is 0 Å². The molecule has 2 nitrogen and oxygen atoms in total. The number of fused-ring (bicyclic) bond motifs is 1. The summed E-state index contributed by atoms with van der Waals surface area (Å²) in [7, 11) is 8.74. The molecule has 126 valence electrons. The Morgan fingerprint density at radius 2 is 1.26 bits per heavy atom. The van der Waals surface area contributed by atoms with E-state index in [2.05, 4.69) is 71.7 Å². The van der Waals surface area contributed by atoms with E-state index in [4.69, 9.17) is 11.6 Å². The van der Waals surface area contributed by atoms with E-state index >= 15 is 0 Å². The van der Waals surface area contributed by atoms with Crippen molar-refractivity contribution in [3.05, 3.63) is 59.9 Å². The molecular weight excluding hydrogens is 347 g/mol. The highest BCUT2D eigenvalue weighted by atomic mass is 35.5. The van der Waals surface area contributed by atoms with Crippen LogP contribution in [0.2, 0.25) is 5.28 Å². The van der Waals surface area contributed by atoms with Crippen molar-refractivity contribution in [3.63, 3.8) is 0 Å². The van der Waals surface area contributed by atoms with E-state index < -0.39 is 0 Å². The summed E-state index contributed by atoms with van der Waals surface area (Å²) in [4.78, 5) is 9.05. The third-order valence-electron chi connectivity index (χ3n) is 5.50. The van der Waals surface area contributed by atoms with Crippen LogP contribution in [0.1, 0.15) is 0 Å². The number of benzene rings is 3. The summed E-state index contributed by atoms with van der Waals surface area (Å²) in [5.41, 5.74) is 10.5. The molecule has 27 heavy (non-hydrogen) atoms. The first-order chi connectivity index (χ1) is 13.0. The van der Waals surface area contributed by atoms with Gasteiger partial charge in [0.1, 0.15) is 31.4 Å². The highest BCUT2D eigenvalue weighted by Gasteiger charge is 2.19. The SMILES string of the molecule is Bc1c(B)c(-c2ccccc2)c(B)c(-c2nc(Cl)nc3ccccc23)c1B. The molecule has 7 heteroatoms. The van der Waals surface area contributed by atoms with E-state index in [0.717, 1.165) is 22.2 Å². The van der Waals surface area contributed by atoms with Gasteiger partial charge in [0, 0.05) is 5.39 Å². The summed E-state index contributed by atoms with van der Waals surface area (Å²) < 4.78 is 0. The molecule has 0 unspecified atom stereocenters. The number of hydrogen-bond acceptors (Lipinski definition) is 2. The van der Waals surface area contributed by atoms with Crippen LogP contribution in [0.5, 0.6) is 0 Å². The van der Waals surface area contributed by atoms with E-state index in [-0.39, 0.29) is 5.28 Å². The third kappa shape index (κ3) is 2.98. The van der Waals surface area contributed by atoms with Gasteiger partial charge in [-0.05, 0) is 34.4 Å². The molecule has 1 aromatic heterocycles. The fourth-order valence-corrected chi connectivity index (χ4v) is 4.15. The van der Waals surface area contributed by atoms with Crippen LogP contribution < -0.4 is 21.9 Å². The Bertz CT molecular complexity index is 1180. The zero-order valence-corrected chi connectivity index (χ0v) is 16.7. The van der Waals surface area contributed by atoms with Crippen LogP contribution in [0.4, 0.5) is 0 Å². The van der Waals surface area contributed by atoms with Crippen LogP contribution in [0, 0.1) is 0 Å². The van der Waals surface area contributed by atoms with Crippen molar-refractivity contribution in [1.29, 1.82) is 0 Å². The van der Waals surface area contributed by atoms with E-state index in [1.807, 2.05) is 24.3 Å². The highest BCUT2D eigenvalue weighted by Crippen LogP contribution is 2.26. The summed E-state index contributed by atoms with van der Waals surface area (Å²) in [6.45, 7) is 0. The first-order valence-electron chi connectivity index (χ1n) is 9.07. The molecule has 0 aliphatic heterocycles. The predicted octanol–water partition coefficient (Wildman–Crippen LogP) is -1.35. The Balaban J connectivity index is 2.13. The summed E-state index contributed by atoms with van der Waals surface area (Å²) in [5.74, 6) is 0. The molecule has 0 bridgehead atoms. The maximum Gasteiger partial charge on any atom is 0.223 e. The Labute approximate surface area is 168 Å². The van der Waals surface area contributed by atoms with Gasteiger partial charge in [0.25, 0.3) is 0 Å². The lowest BCUT2D eigenvalue weighted by molar-refractivity contribution is 1.23. The molecule has 0 saturated carbocycles. The van der Waals surface area contributed by atoms with Gasteiger partial charge in [-0.1, -0.05) is 64.9 Å². The van der Waals surface area contributed by atoms with Crippen molar-refractivity contribution in [1.82, 2.24) is 9.97 Å². The quantitative estimate of drug-likeness (QED) is 0.325. The zero-order chi connectivity index (χ0) is 19.1. The second kappa shape index (κ2) is 6.94. The fraction of sp³-hybridized carbons (Fsp3) is 0. The van der Waals surface area contributed by atoms with Crippen LogP contribution in [0.25, 0.3) is 33.3 Å². The minimum atomic E-state index is 0.280. The van der Waals surface area contributed by atoms with Crippen LogP contribution in [-0.4, -0.2) is 41.4 Å². The molecule has 4 aromatic rings. The predicted molar refractivity (Wildman–Crippen MR) is 128 cm³/mol. The van der Waals surface area contributed by atoms with Crippen molar-refractivity contribution < 1.29 is 0 Å². The number of hydrogen-bond donors (Lipinski definition) is 0. The molecule has 1 heterocycles. The van der Waals surface area contributed by atoms with Crippen LogP contribution in [0.3, 0.4) is 0 Å². The molecule has 0 atom stereocenters. The van der Waals surface area contributed by atoms with Gasteiger partial charge in [0.05, 0.1) is 11.2 Å². The molecule has 0 fully saturated rings. The van der Waals surface area contributed by atoms with Crippen molar-refractivity contribution in [2.24, 2.45) is 0 Å². The average molecular weight is 364 g/mol. The molecular formula is C20H17B4ClN2. The molecule has 0 amide bonds. The minimum Gasteiger partial charge on any atom is -0.218 e. The van der Waals surface area contributed by atoms with Gasteiger partial charge in [-0.15, -0.1) is 5.46 Å². The summed E-state index contributed by atoms with van der Waals surface area (Å²) in [6.07, 6.45) is 0. The first kappa shape index (κ1) is 17.9. The Morgan fingerprint density at radius 1 is 0.630 bits per heavy atom. The molecule has 0 saturated heterocycles. The van der Waals surface area contributed by atoms with Gasteiger partial charge in [0.15, 0.2) is 0 Å². The second-order valence-corrected chi connectivity index (χ2v) is 7.31. The first-order valence-corrected chi connectivity index (χ1v) is 9.45. The molecule has 0 aliphatic rings. The Morgan fingerprint density at radius 3 is 2.00 bits per heavy atom. The smallest absolute Gasteiger partial charge is 0.218 e. The Kier molecular flexibility index (Phi) is 4.61. The van der Waals surface area contributed by atoms with Crippen molar-refractivity contribution >= 4 is 75.7 Å². The van der Waals surface area contributed by atoms with Gasteiger partial charge in [0.2, 0.25) is 5.28 Å². The lowest BCUT2D eigenvalue weighted by atomic mass is 9.62. The van der Waals surface area contributed by atoms with Crippen LogP contribution in [0.15, 0.2) is 54.6 Å². The van der Waals surface area contributed by atoms with Gasteiger partial charge >= 0.3 is 0 Å². The van der Waals surface area contributed by atoms with Gasteiger partial charge in [-0.2, -0.15) is 0 Å². The molecule has 0 spiro atoms. The van der Waals surface area contributed by atoms with Crippen molar-refractivity contribution in [2.45, 2.75) is 0 Å². The minimum absolute atomic E-state index is 0.280. The lowest BCUT2D eigenvalue weighted by Crippen LogP contribution is -2.46. The van der Waals surface area contributed by atoms with E-state index in [0.29, 0.717) is 0 Å². The summed E-state index contributed by atoms with van der Waals surface area (Å²) >= 11 is 6.28. The van der Waals surface area contributed by atoms with E-state index in [1.165, 1.54) is 33.0 Å². The maximum absolute atomic E-state index is 6.28. The molecule has 0 N–H and O–H groups in total. The number of nitrogens with zero attached hydrogens (tertiary/aromatic N) is 2. The topological polar surface area (TPSA) is 25.8 Å². The number of para-hydroxylation sites is 1. The second-order valence-electron chi connectivity index (χ2n) is 6.97. The van der Waals surface area contributed by atoms with Crippen LogP contribution in [-0.2, 0) is 0 Å². The van der Waals surface area contributed by atoms with Gasteiger partial charge in [-0.25, -0.2) is 9.97 Å². The van der Waals surface area contributed by atoms with Crippen molar-refractivity contribution in [2.75, 3.05) is 0 Å². The third-order valence-corrected chi connectivity index (χ3v) is 5.67. The molecule has 4 rings (SSSR count). The van der Waals surface area contributed by atoms with Crippen LogP contribution >= 0.6 is 11.6 Å². The number of halogens is 1. The zero-order valence-electron chi connectivity index (χ0n) is 16.0. The number of rotatable bonds is 2. The fourth-order valence-electron chi connectivity index (χ4n) is 3.98. The molecule has 0 radical (unpaired) electrons. The van der Waals surface area contributed by atoms with E-state index in [1.54, 1.807) is 0 Å². The summed E-state index contributed by atoms with van der Waals surface area (Å²) in [5, 5.41) is 1.30. The molecule has 0 aliphatic carbocycles. The average Bonchev–Trinajstić information content (AvgIpc) is 2.67. The summed E-state index contributed by atoms with van der Waals surface area (Å²) in [6, 6.07) is 18.6. The molecule has 3 aromatic carbocycles. The normalized spacial score (nSPS) is 11.0. The van der Waals surface area contributed by atoms with Gasteiger partial charge < -0.3 is 0 Å². The Hall–Kier alpha value is -2.45. The maximum atomic E-state index is 6.28. The van der Waals surface area contributed by atoms with Crippen molar-refractivity contribution in [3.8, 4) is 22.4 Å². The van der Waals surface area contributed by atoms with E-state index in [9.17, 15) is 0 Å². The standard InChI is InChI=1S/C20H17B4ClN2/c21-15-13(10-6-2-1-3-7-10)16(22)18(24)17(23)14(15)19-11-8-4-5-9-12(11)26-20(25)27-19/h1-9H,21-24H2. The highest BCUT2D eigenvalue weighted by molar-refractivity contribution is 6.63.